The molecule has 0 unspecified atom stereocenters. The summed E-state index contributed by atoms with van der Waals surface area (Å²) in [6.07, 6.45) is 2.17. The molecule has 2 aromatic carbocycles. The summed E-state index contributed by atoms with van der Waals surface area (Å²) in [5.41, 5.74) is 1.52. The lowest BCUT2D eigenvalue weighted by molar-refractivity contribution is -0.139. The van der Waals surface area contributed by atoms with Gasteiger partial charge in [-0.2, -0.15) is 0 Å². The van der Waals surface area contributed by atoms with Crippen LogP contribution in [0.3, 0.4) is 0 Å². The van der Waals surface area contributed by atoms with Gasteiger partial charge in [0.25, 0.3) is 0 Å². The molecule has 8 nitrogen and oxygen atoms in total. The Morgan fingerprint density at radius 2 is 1.66 bits per heavy atom. The standard InChI is InChI=1S/C26H37N3O5S/c1-5-27-26(31)21(3)28(20-18-22-13-8-7-9-14-22)25(30)17-12-19-29(35(4,32)33)23-15-10-11-16-24(23)34-6-2/h7-11,13-16,21H,5-6,12,17-20H2,1-4H3,(H,27,31)/t21-/m1/s1. The molecule has 1 N–H and O–H groups in total. The molecule has 0 aromatic heterocycles. The highest BCUT2D eigenvalue weighted by Crippen LogP contribution is 2.30. The number of nitrogens with one attached hydrogen (secondary N) is 1. The van der Waals surface area contributed by atoms with Crippen LogP contribution in [0.5, 0.6) is 5.75 Å². The summed E-state index contributed by atoms with van der Waals surface area (Å²) in [6, 6.07) is 16.1. The Hall–Kier alpha value is -3.07. The maximum absolute atomic E-state index is 13.2. The largest absolute Gasteiger partial charge is 0.492 e. The van der Waals surface area contributed by atoms with Crippen LogP contribution in [0.4, 0.5) is 5.69 Å². The molecule has 2 rings (SSSR count). The minimum Gasteiger partial charge on any atom is -0.492 e. The van der Waals surface area contributed by atoms with E-state index in [0.29, 0.717) is 44.0 Å². The second-order valence-electron chi connectivity index (χ2n) is 8.23. The van der Waals surface area contributed by atoms with E-state index < -0.39 is 16.1 Å². The molecule has 2 amide bonds. The molecule has 0 fully saturated rings. The number of para-hydroxylation sites is 2. The van der Waals surface area contributed by atoms with Gasteiger partial charge < -0.3 is 15.0 Å². The van der Waals surface area contributed by atoms with Crippen LogP contribution in [-0.2, 0) is 26.0 Å². The van der Waals surface area contributed by atoms with Crippen LogP contribution in [-0.4, -0.2) is 63.7 Å². The van der Waals surface area contributed by atoms with Gasteiger partial charge in [-0.3, -0.25) is 13.9 Å². The second-order valence-corrected chi connectivity index (χ2v) is 10.1. The van der Waals surface area contributed by atoms with Gasteiger partial charge in [-0.05, 0) is 51.3 Å². The zero-order valence-electron chi connectivity index (χ0n) is 21.1. The van der Waals surface area contributed by atoms with Crippen molar-refractivity contribution in [1.82, 2.24) is 10.2 Å². The van der Waals surface area contributed by atoms with E-state index in [4.69, 9.17) is 4.74 Å². The predicted molar refractivity (Wildman–Crippen MR) is 139 cm³/mol. The summed E-state index contributed by atoms with van der Waals surface area (Å²) in [6.45, 7) is 6.78. The van der Waals surface area contributed by atoms with Crippen molar-refractivity contribution in [2.24, 2.45) is 0 Å². The van der Waals surface area contributed by atoms with Gasteiger partial charge in [0, 0.05) is 26.1 Å². The van der Waals surface area contributed by atoms with E-state index >= 15 is 0 Å². The Morgan fingerprint density at radius 1 is 1.00 bits per heavy atom. The van der Waals surface area contributed by atoms with Crippen LogP contribution in [0.15, 0.2) is 54.6 Å². The maximum Gasteiger partial charge on any atom is 0.242 e. The summed E-state index contributed by atoms with van der Waals surface area (Å²) < 4.78 is 32.0. The van der Waals surface area contributed by atoms with Gasteiger partial charge in [-0.15, -0.1) is 0 Å². The van der Waals surface area contributed by atoms with Crippen molar-refractivity contribution >= 4 is 27.5 Å². The quantitative estimate of drug-likeness (QED) is 0.427. The molecule has 0 aliphatic rings. The van der Waals surface area contributed by atoms with E-state index in [1.807, 2.05) is 44.2 Å². The Balaban J connectivity index is 2.13. The van der Waals surface area contributed by atoms with Crippen molar-refractivity contribution < 1.29 is 22.7 Å². The van der Waals surface area contributed by atoms with Crippen molar-refractivity contribution in [3.8, 4) is 5.75 Å². The number of likely N-dealkylation sites (N-methyl/N-ethyl adjacent to an activating group) is 1. The zero-order chi connectivity index (χ0) is 25.8. The van der Waals surface area contributed by atoms with E-state index in [1.165, 1.54) is 4.31 Å². The van der Waals surface area contributed by atoms with Gasteiger partial charge in [-0.1, -0.05) is 42.5 Å². The smallest absolute Gasteiger partial charge is 0.242 e. The summed E-state index contributed by atoms with van der Waals surface area (Å²) in [5.74, 6) is 0.0737. The van der Waals surface area contributed by atoms with Crippen LogP contribution < -0.4 is 14.4 Å². The van der Waals surface area contributed by atoms with Gasteiger partial charge >= 0.3 is 0 Å². The Morgan fingerprint density at radius 3 is 2.29 bits per heavy atom. The average Bonchev–Trinajstić information content (AvgIpc) is 2.82. The number of hydrogen-bond donors (Lipinski definition) is 1. The number of ether oxygens (including phenoxy) is 1. The second kappa shape index (κ2) is 13.7. The van der Waals surface area contributed by atoms with Gasteiger partial charge in [0.15, 0.2) is 0 Å². The number of carbonyl (C=O) groups is 2. The normalized spacial score (nSPS) is 12.0. The third-order valence-corrected chi connectivity index (χ3v) is 6.77. The number of benzene rings is 2. The first-order chi connectivity index (χ1) is 16.7. The number of rotatable bonds is 14. The Kier molecular flexibility index (Phi) is 11.0. The Bertz CT molecular complexity index is 1060. The number of nitrogens with zero attached hydrogens (tertiary/aromatic N) is 2. The van der Waals surface area contributed by atoms with Crippen molar-refractivity contribution in [3.05, 3.63) is 60.2 Å². The molecule has 0 saturated carbocycles. The summed E-state index contributed by atoms with van der Waals surface area (Å²) in [7, 11) is -3.60. The van der Waals surface area contributed by atoms with Crippen LogP contribution in [0.1, 0.15) is 39.2 Å². The molecule has 0 aliphatic heterocycles. The van der Waals surface area contributed by atoms with E-state index in [2.05, 4.69) is 5.32 Å². The minimum absolute atomic E-state index is 0.112. The Labute approximate surface area is 209 Å². The number of carbonyl (C=O) groups excluding carboxylic acids is 2. The highest BCUT2D eigenvalue weighted by Gasteiger charge is 2.26. The lowest BCUT2D eigenvalue weighted by Crippen LogP contribution is -2.48. The molecule has 35 heavy (non-hydrogen) atoms. The van der Waals surface area contributed by atoms with E-state index in [0.717, 1.165) is 11.8 Å². The van der Waals surface area contributed by atoms with Crippen LogP contribution in [0.25, 0.3) is 0 Å². The molecule has 1 atom stereocenters. The fourth-order valence-corrected chi connectivity index (χ4v) is 4.78. The SMILES string of the molecule is CCNC(=O)[C@@H](C)N(CCc1ccccc1)C(=O)CCCN(c1ccccc1OCC)S(C)(=O)=O. The first kappa shape index (κ1) is 28.2. The number of anilines is 1. The molecule has 9 heteroatoms. The fraction of sp³-hybridized carbons (Fsp3) is 0.462. The molecule has 0 bridgehead atoms. The van der Waals surface area contributed by atoms with Gasteiger partial charge in [0.05, 0.1) is 18.6 Å². The third-order valence-electron chi connectivity index (χ3n) is 5.59. The van der Waals surface area contributed by atoms with Crippen molar-refractivity contribution in [3.63, 3.8) is 0 Å². The highest BCUT2D eigenvalue weighted by atomic mass is 32.2. The average molecular weight is 504 g/mol. The van der Waals surface area contributed by atoms with E-state index in [-0.39, 0.29) is 24.8 Å². The van der Waals surface area contributed by atoms with Crippen molar-refractivity contribution in [2.45, 2.75) is 46.1 Å². The highest BCUT2D eigenvalue weighted by molar-refractivity contribution is 7.92. The third kappa shape index (κ3) is 8.58. The molecule has 0 spiro atoms. The summed E-state index contributed by atoms with van der Waals surface area (Å²) in [4.78, 5) is 27.3. The topological polar surface area (TPSA) is 96.0 Å². The first-order valence-electron chi connectivity index (χ1n) is 12.0. The van der Waals surface area contributed by atoms with Gasteiger partial charge in [-0.25, -0.2) is 8.42 Å². The molecule has 0 heterocycles. The molecule has 0 aliphatic carbocycles. The lowest BCUT2D eigenvalue weighted by atomic mass is 10.1. The van der Waals surface area contributed by atoms with Crippen LogP contribution >= 0.6 is 0 Å². The van der Waals surface area contributed by atoms with E-state index in [1.54, 1.807) is 36.1 Å². The van der Waals surface area contributed by atoms with Crippen molar-refractivity contribution in [2.75, 3.05) is 36.8 Å². The minimum atomic E-state index is -3.60. The fourth-order valence-electron chi connectivity index (χ4n) is 3.82. The van der Waals surface area contributed by atoms with Gasteiger partial charge in [0.1, 0.15) is 11.8 Å². The molecule has 192 valence electrons. The molecular formula is C26H37N3O5S. The first-order valence-corrected chi connectivity index (χ1v) is 13.8. The lowest BCUT2D eigenvalue weighted by Gasteiger charge is -2.29. The monoisotopic (exact) mass is 503 g/mol. The predicted octanol–water partition coefficient (Wildman–Crippen LogP) is 3.23. The zero-order valence-corrected chi connectivity index (χ0v) is 21.9. The number of amides is 2. The maximum atomic E-state index is 13.2. The molecular weight excluding hydrogens is 466 g/mol. The summed E-state index contributed by atoms with van der Waals surface area (Å²) >= 11 is 0. The number of hydrogen-bond acceptors (Lipinski definition) is 5. The van der Waals surface area contributed by atoms with E-state index in [9.17, 15) is 18.0 Å². The van der Waals surface area contributed by atoms with Crippen molar-refractivity contribution in [1.29, 1.82) is 0 Å². The summed E-state index contributed by atoms with van der Waals surface area (Å²) in [5, 5.41) is 2.78. The van der Waals surface area contributed by atoms with Crippen LogP contribution in [0, 0.1) is 0 Å². The van der Waals surface area contributed by atoms with Gasteiger partial charge in [0.2, 0.25) is 21.8 Å². The molecule has 0 saturated heterocycles. The molecule has 0 radical (unpaired) electrons. The number of sulfonamides is 1. The molecule has 2 aromatic rings. The van der Waals surface area contributed by atoms with Crippen LogP contribution in [0.2, 0.25) is 0 Å².